The molecule has 7 nitrogen and oxygen atoms in total. The lowest BCUT2D eigenvalue weighted by atomic mass is 9.83. The fourth-order valence-corrected chi connectivity index (χ4v) is 2.90. The van der Waals surface area contributed by atoms with Crippen molar-refractivity contribution in [2.45, 2.75) is 33.2 Å². The Morgan fingerprint density at radius 1 is 1.33 bits per heavy atom. The van der Waals surface area contributed by atoms with Crippen LogP contribution < -0.4 is 4.90 Å². The van der Waals surface area contributed by atoms with Gasteiger partial charge in [-0.2, -0.15) is 0 Å². The summed E-state index contributed by atoms with van der Waals surface area (Å²) in [6.45, 7) is 4.95. The molecule has 7 heteroatoms. The highest BCUT2D eigenvalue weighted by atomic mass is 16.4. The number of Topliss-reactive ketones (excluding diaryl/α,β-unsaturated/α-hetero) is 1. The number of anilines is 1. The molecule has 2 rings (SSSR count). The van der Waals surface area contributed by atoms with Gasteiger partial charge in [0, 0.05) is 11.3 Å². The van der Waals surface area contributed by atoms with Crippen LogP contribution in [-0.4, -0.2) is 39.1 Å². The summed E-state index contributed by atoms with van der Waals surface area (Å²) >= 11 is 0. The topological polar surface area (TPSA) is 108 Å². The van der Waals surface area contributed by atoms with Crippen molar-refractivity contribution in [3.63, 3.8) is 0 Å². The lowest BCUT2D eigenvalue weighted by molar-refractivity contribution is -0.140. The van der Waals surface area contributed by atoms with Gasteiger partial charge in [0.1, 0.15) is 5.92 Å². The first-order chi connectivity index (χ1) is 9.79. The summed E-state index contributed by atoms with van der Waals surface area (Å²) in [5.41, 5.74) is 1.26. The van der Waals surface area contributed by atoms with Crippen molar-refractivity contribution < 1.29 is 24.6 Å². The van der Waals surface area contributed by atoms with E-state index in [2.05, 4.69) is 4.98 Å². The fraction of sp³-hybridized carbons (Fsp3) is 0.429. The second kappa shape index (κ2) is 5.16. The van der Waals surface area contributed by atoms with Crippen LogP contribution in [0.25, 0.3) is 0 Å². The minimum atomic E-state index is -1.39. The zero-order valence-electron chi connectivity index (χ0n) is 12.0. The number of amides is 1. The number of carboxylic acids is 1. The van der Waals surface area contributed by atoms with Crippen molar-refractivity contribution in [3.8, 4) is 0 Å². The van der Waals surface area contributed by atoms with Crippen molar-refractivity contribution in [2.24, 2.45) is 5.92 Å². The maximum absolute atomic E-state index is 12.5. The number of nitrogens with zero attached hydrogens (tertiary/aromatic N) is 2. The van der Waals surface area contributed by atoms with E-state index in [4.69, 9.17) is 0 Å². The summed E-state index contributed by atoms with van der Waals surface area (Å²) in [5.74, 6) is -3.26. The Hall–Kier alpha value is -2.44. The molecule has 21 heavy (non-hydrogen) atoms. The summed E-state index contributed by atoms with van der Waals surface area (Å²) in [7, 11) is 0. The summed E-state index contributed by atoms with van der Waals surface area (Å²) in [5, 5.41) is 18.8. The fourth-order valence-electron chi connectivity index (χ4n) is 2.90. The third-order valence-electron chi connectivity index (χ3n) is 3.69. The molecular weight excluding hydrogens is 276 g/mol. The Morgan fingerprint density at radius 3 is 2.43 bits per heavy atom. The number of aromatic nitrogens is 1. The number of carbonyl (C=O) groups excluding carboxylic acids is 1. The molecule has 0 saturated heterocycles. The molecule has 1 aliphatic rings. The van der Waals surface area contributed by atoms with E-state index < -0.39 is 29.8 Å². The van der Waals surface area contributed by atoms with Crippen molar-refractivity contribution in [1.82, 2.24) is 4.98 Å². The van der Waals surface area contributed by atoms with Crippen molar-refractivity contribution in [1.29, 1.82) is 0 Å². The number of aliphatic carboxylic acids is 1. The zero-order chi connectivity index (χ0) is 15.9. The molecule has 0 saturated carbocycles. The van der Waals surface area contributed by atoms with Gasteiger partial charge in [0.05, 0.1) is 17.4 Å². The third-order valence-corrected chi connectivity index (χ3v) is 3.69. The number of hydrogen-bond acceptors (Lipinski definition) is 4. The molecule has 0 aliphatic carbocycles. The van der Waals surface area contributed by atoms with Crippen LogP contribution in [0.4, 0.5) is 10.5 Å². The summed E-state index contributed by atoms with van der Waals surface area (Å²) < 4.78 is 0. The van der Waals surface area contributed by atoms with E-state index in [0.29, 0.717) is 11.4 Å². The molecule has 0 fully saturated rings. The van der Waals surface area contributed by atoms with Crippen LogP contribution in [-0.2, 0) is 4.79 Å². The second-order valence-electron chi connectivity index (χ2n) is 5.05. The number of rotatable bonds is 2. The van der Waals surface area contributed by atoms with E-state index in [0.717, 1.165) is 4.90 Å². The molecule has 1 aromatic rings. The van der Waals surface area contributed by atoms with E-state index in [1.165, 1.54) is 6.07 Å². The van der Waals surface area contributed by atoms with Crippen molar-refractivity contribution >= 4 is 23.5 Å². The molecule has 1 aromatic heterocycles. The smallest absolute Gasteiger partial charge is 0.412 e. The van der Waals surface area contributed by atoms with Gasteiger partial charge in [-0.15, -0.1) is 0 Å². The van der Waals surface area contributed by atoms with E-state index in [1.807, 2.05) is 0 Å². The molecule has 2 atom stereocenters. The molecule has 0 aromatic carbocycles. The lowest BCUT2D eigenvalue weighted by Crippen LogP contribution is -2.53. The predicted molar refractivity (Wildman–Crippen MR) is 73.8 cm³/mol. The van der Waals surface area contributed by atoms with Crippen LogP contribution in [0.3, 0.4) is 0 Å². The van der Waals surface area contributed by atoms with Gasteiger partial charge in [0.15, 0.2) is 5.78 Å². The molecule has 1 amide bonds. The maximum atomic E-state index is 12.5. The Labute approximate surface area is 121 Å². The largest absolute Gasteiger partial charge is 0.481 e. The van der Waals surface area contributed by atoms with E-state index in [-0.39, 0.29) is 17.7 Å². The Balaban J connectivity index is 2.77. The molecular formula is C14H16N2O5. The van der Waals surface area contributed by atoms with Crippen LogP contribution >= 0.6 is 0 Å². The first kappa shape index (κ1) is 15.0. The Kier molecular flexibility index (Phi) is 3.67. The van der Waals surface area contributed by atoms with Gasteiger partial charge in [-0.3, -0.25) is 19.5 Å². The summed E-state index contributed by atoms with van der Waals surface area (Å²) in [6, 6.07) is 0.519. The van der Waals surface area contributed by atoms with Gasteiger partial charge in [-0.1, -0.05) is 6.92 Å². The number of hydrogen-bond donors (Lipinski definition) is 2. The van der Waals surface area contributed by atoms with Gasteiger partial charge >= 0.3 is 12.1 Å². The molecule has 0 radical (unpaired) electrons. The minimum Gasteiger partial charge on any atom is -0.481 e. The van der Waals surface area contributed by atoms with Gasteiger partial charge < -0.3 is 10.2 Å². The van der Waals surface area contributed by atoms with Gasteiger partial charge in [0.2, 0.25) is 0 Å². The SMILES string of the molecule is CCC1C(C(=O)O)C(=O)c2cc(C)nc(C)c2N1C(=O)O. The quantitative estimate of drug-likeness (QED) is 0.805. The summed E-state index contributed by atoms with van der Waals surface area (Å²) in [4.78, 5) is 40.6. The molecule has 2 unspecified atom stereocenters. The average molecular weight is 292 g/mol. The number of carbonyl (C=O) groups is 3. The molecule has 2 heterocycles. The van der Waals surface area contributed by atoms with Crippen LogP contribution in [0.15, 0.2) is 6.07 Å². The number of pyridine rings is 1. The lowest BCUT2D eigenvalue weighted by Gasteiger charge is -2.38. The number of carboxylic acid groups (broad SMARTS) is 2. The monoisotopic (exact) mass is 292 g/mol. The highest BCUT2D eigenvalue weighted by Gasteiger charge is 2.47. The Morgan fingerprint density at radius 2 is 1.95 bits per heavy atom. The molecule has 112 valence electrons. The maximum Gasteiger partial charge on any atom is 0.412 e. The van der Waals surface area contributed by atoms with E-state index >= 15 is 0 Å². The minimum absolute atomic E-state index is 0.111. The number of fused-ring (bicyclic) bond motifs is 1. The van der Waals surface area contributed by atoms with Gasteiger partial charge in [0.25, 0.3) is 0 Å². The van der Waals surface area contributed by atoms with Crippen molar-refractivity contribution in [3.05, 3.63) is 23.0 Å². The normalized spacial score (nSPS) is 21.1. The highest BCUT2D eigenvalue weighted by molar-refractivity contribution is 6.16. The molecule has 0 spiro atoms. The predicted octanol–water partition coefficient (Wildman–Crippen LogP) is 1.86. The standard InChI is InChI=1S/C14H16N2O5/c1-4-9-10(13(18)19)12(17)8-5-6(2)15-7(3)11(8)16(9)14(20)21/h5,9-10H,4H2,1-3H3,(H,18,19)(H,20,21). The van der Waals surface area contributed by atoms with E-state index in [1.54, 1.807) is 20.8 Å². The molecule has 1 aliphatic heterocycles. The zero-order valence-corrected chi connectivity index (χ0v) is 12.0. The summed E-state index contributed by atoms with van der Waals surface area (Å²) in [6.07, 6.45) is -1.06. The van der Waals surface area contributed by atoms with Crippen LogP contribution in [0.2, 0.25) is 0 Å². The number of ketones is 1. The highest BCUT2D eigenvalue weighted by Crippen LogP contribution is 2.37. The van der Waals surface area contributed by atoms with E-state index in [9.17, 15) is 24.6 Å². The first-order valence-electron chi connectivity index (χ1n) is 6.57. The molecule has 2 N–H and O–H groups in total. The second-order valence-corrected chi connectivity index (χ2v) is 5.05. The Bertz CT molecular complexity index is 640. The van der Waals surface area contributed by atoms with Crippen LogP contribution in [0, 0.1) is 19.8 Å². The first-order valence-corrected chi connectivity index (χ1v) is 6.57. The number of aryl methyl sites for hydroxylation is 2. The van der Waals surface area contributed by atoms with Crippen LogP contribution in [0.1, 0.15) is 35.1 Å². The average Bonchev–Trinajstić information content (AvgIpc) is 2.37. The van der Waals surface area contributed by atoms with Crippen molar-refractivity contribution in [2.75, 3.05) is 4.90 Å². The molecule has 0 bridgehead atoms. The third kappa shape index (κ3) is 2.24. The van der Waals surface area contributed by atoms with Gasteiger partial charge in [-0.05, 0) is 26.3 Å². The van der Waals surface area contributed by atoms with Gasteiger partial charge in [-0.25, -0.2) is 4.79 Å². The van der Waals surface area contributed by atoms with Crippen LogP contribution in [0.5, 0.6) is 0 Å².